The highest BCUT2D eigenvalue weighted by molar-refractivity contribution is 5.81. The summed E-state index contributed by atoms with van der Waals surface area (Å²) >= 11 is 0. The summed E-state index contributed by atoms with van der Waals surface area (Å²) in [7, 11) is 0. The molecule has 2 rings (SSSR count). The number of hydrogen-bond acceptors (Lipinski definition) is 4. The standard InChI is InChI=1S/C19H22N2O4/c1-14(18(20)22)16-7-9-17(10-8-16)24-12-11-21-19(23)25-13-15-5-3-2-4-6-15/h2-10,14H,11-13H2,1H3,(H2,20,22)(H,21,23). The van der Waals surface area contributed by atoms with Gasteiger partial charge in [0.1, 0.15) is 19.0 Å². The SMILES string of the molecule is CC(C(N)=O)c1ccc(OCCNC(=O)OCc2ccccc2)cc1. The molecule has 0 aliphatic carbocycles. The fourth-order valence-electron chi connectivity index (χ4n) is 2.11. The Morgan fingerprint density at radius 3 is 2.40 bits per heavy atom. The topological polar surface area (TPSA) is 90.7 Å². The van der Waals surface area contributed by atoms with E-state index in [1.807, 2.05) is 30.3 Å². The van der Waals surface area contributed by atoms with Gasteiger partial charge < -0.3 is 20.5 Å². The first-order valence-corrected chi connectivity index (χ1v) is 8.03. The minimum Gasteiger partial charge on any atom is -0.492 e. The van der Waals surface area contributed by atoms with Gasteiger partial charge in [-0.2, -0.15) is 0 Å². The first-order chi connectivity index (χ1) is 12.1. The number of nitrogens with one attached hydrogen (secondary N) is 1. The van der Waals surface area contributed by atoms with E-state index in [-0.39, 0.29) is 18.4 Å². The Hall–Kier alpha value is -3.02. The molecule has 0 aromatic heterocycles. The van der Waals surface area contributed by atoms with Gasteiger partial charge >= 0.3 is 6.09 Å². The fraction of sp³-hybridized carbons (Fsp3) is 0.263. The third-order valence-electron chi connectivity index (χ3n) is 3.66. The van der Waals surface area contributed by atoms with Crippen LogP contribution in [0.2, 0.25) is 0 Å². The van der Waals surface area contributed by atoms with Crippen molar-refractivity contribution in [2.45, 2.75) is 19.4 Å². The van der Waals surface area contributed by atoms with Gasteiger partial charge in [0, 0.05) is 0 Å². The maximum Gasteiger partial charge on any atom is 0.407 e. The van der Waals surface area contributed by atoms with E-state index < -0.39 is 6.09 Å². The maximum atomic E-state index is 11.6. The lowest BCUT2D eigenvalue weighted by molar-refractivity contribution is -0.119. The van der Waals surface area contributed by atoms with Gasteiger partial charge in [-0.05, 0) is 30.2 Å². The molecule has 0 aliphatic rings. The Morgan fingerprint density at radius 1 is 1.08 bits per heavy atom. The second-order valence-electron chi connectivity index (χ2n) is 5.53. The zero-order chi connectivity index (χ0) is 18.1. The molecule has 1 atom stereocenters. The predicted octanol–water partition coefficient (Wildman–Crippen LogP) is 2.58. The number of carbonyl (C=O) groups excluding carboxylic acids is 2. The fourth-order valence-corrected chi connectivity index (χ4v) is 2.11. The van der Waals surface area contributed by atoms with E-state index in [9.17, 15) is 9.59 Å². The van der Waals surface area contributed by atoms with Gasteiger partial charge in [-0.3, -0.25) is 4.79 Å². The molecule has 0 aliphatic heterocycles. The van der Waals surface area contributed by atoms with Crippen LogP contribution in [0.15, 0.2) is 54.6 Å². The van der Waals surface area contributed by atoms with Gasteiger partial charge in [-0.25, -0.2) is 4.79 Å². The summed E-state index contributed by atoms with van der Waals surface area (Å²) in [5, 5.41) is 2.62. The van der Waals surface area contributed by atoms with Crippen molar-refractivity contribution in [3.8, 4) is 5.75 Å². The van der Waals surface area contributed by atoms with Crippen molar-refractivity contribution in [2.75, 3.05) is 13.2 Å². The van der Waals surface area contributed by atoms with Crippen LogP contribution in [-0.4, -0.2) is 25.2 Å². The molecule has 6 heteroatoms. The van der Waals surface area contributed by atoms with Crippen molar-refractivity contribution in [1.82, 2.24) is 5.32 Å². The molecular weight excluding hydrogens is 320 g/mol. The number of nitrogens with two attached hydrogens (primary N) is 1. The molecule has 2 amide bonds. The smallest absolute Gasteiger partial charge is 0.407 e. The lowest BCUT2D eigenvalue weighted by atomic mass is 10.0. The lowest BCUT2D eigenvalue weighted by Crippen LogP contribution is -2.28. The third kappa shape index (κ3) is 6.18. The Labute approximate surface area is 146 Å². The summed E-state index contributed by atoms with van der Waals surface area (Å²) < 4.78 is 10.6. The average Bonchev–Trinajstić information content (AvgIpc) is 2.64. The molecule has 2 aromatic rings. The Balaban J connectivity index is 1.65. The highest BCUT2D eigenvalue weighted by Crippen LogP contribution is 2.18. The number of alkyl carbamates (subject to hydrolysis) is 1. The van der Waals surface area contributed by atoms with E-state index >= 15 is 0 Å². The maximum absolute atomic E-state index is 11.6. The molecule has 0 radical (unpaired) electrons. The van der Waals surface area contributed by atoms with Gasteiger partial charge in [-0.1, -0.05) is 42.5 Å². The number of primary amides is 1. The van der Waals surface area contributed by atoms with Crippen molar-refractivity contribution in [1.29, 1.82) is 0 Å². The minimum absolute atomic E-state index is 0.229. The molecule has 0 saturated heterocycles. The van der Waals surface area contributed by atoms with Crippen molar-refractivity contribution >= 4 is 12.0 Å². The monoisotopic (exact) mass is 342 g/mol. The molecule has 0 saturated carbocycles. The molecule has 0 fully saturated rings. The van der Waals surface area contributed by atoms with Gasteiger partial charge in [0.25, 0.3) is 0 Å². The van der Waals surface area contributed by atoms with Crippen LogP contribution in [0.3, 0.4) is 0 Å². The molecule has 6 nitrogen and oxygen atoms in total. The summed E-state index contributed by atoms with van der Waals surface area (Å²) in [4.78, 5) is 22.7. The van der Waals surface area contributed by atoms with Gasteiger partial charge in [0.2, 0.25) is 5.91 Å². The largest absolute Gasteiger partial charge is 0.492 e. The Bertz CT molecular complexity index is 686. The molecule has 1 unspecified atom stereocenters. The lowest BCUT2D eigenvalue weighted by Gasteiger charge is -2.10. The van der Waals surface area contributed by atoms with Crippen LogP contribution in [0.4, 0.5) is 4.79 Å². The zero-order valence-corrected chi connectivity index (χ0v) is 14.1. The van der Waals surface area contributed by atoms with Crippen LogP contribution < -0.4 is 15.8 Å². The summed E-state index contributed by atoms with van der Waals surface area (Å²) in [6.45, 7) is 2.62. The van der Waals surface area contributed by atoms with E-state index in [0.29, 0.717) is 18.9 Å². The molecule has 132 valence electrons. The van der Waals surface area contributed by atoms with Crippen molar-refractivity contribution in [3.63, 3.8) is 0 Å². The zero-order valence-electron chi connectivity index (χ0n) is 14.1. The van der Waals surface area contributed by atoms with Crippen LogP contribution in [0.25, 0.3) is 0 Å². The van der Waals surface area contributed by atoms with Crippen LogP contribution in [0, 0.1) is 0 Å². The predicted molar refractivity (Wildman–Crippen MR) is 94.2 cm³/mol. The van der Waals surface area contributed by atoms with E-state index in [2.05, 4.69) is 5.32 Å². The van der Waals surface area contributed by atoms with Crippen molar-refractivity contribution < 1.29 is 19.1 Å². The number of amides is 2. The number of carbonyl (C=O) groups is 2. The summed E-state index contributed by atoms with van der Waals surface area (Å²) in [6.07, 6.45) is -0.488. The molecule has 2 aromatic carbocycles. The first-order valence-electron chi connectivity index (χ1n) is 8.03. The number of hydrogen-bond donors (Lipinski definition) is 2. The molecule has 0 heterocycles. The minimum atomic E-state index is -0.488. The van der Waals surface area contributed by atoms with Crippen LogP contribution >= 0.6 is 0 Å². The second-order valence-corrected chi connectivity index (χ2v) is 5.53. The van der Waals surface area contributed by atoms with Crippen LogP contribution in [0.1, 0.15) is 24.0 Å². The first kappa shape index (κ1) is 18.3. The third-order valence-corrected chi connectivity index (χ3v) is 3.66. The summed E-state index contributed by atoms with van der Waals surface area (Å²) in [6, 6.07) is 16.6. The Morgan fingerprint density at radius 2 is 1.76 bits per heavy atom. The average molecular weight is 342 g/mol. The van der Waals surface area contributed by atoms with E-state index in [1.54, 1.807) is 31.2 Å². The highest BCUT2D eigenvalue weighted by Gasteiger charge is 2.11. The van der Waals surface area contributed by atoms with Gasteiger partial charge in [0.05, 0.1) is 12.5 Å². The number of ether oxygens (including phenoxy) is 2. The second kappa shape index (κ2) is 9.32. The van der Waals surface area contributed by atoms with E-state index in [4.69, 9.17) is 15.2 Å². The number of rotatable bonds is 8. The van der Waals surface area contributed by atoms with Crippen LogP contribution in [0.5, 0.6) is 5.75 Å². The van der Waals surface area contributed by atoms with Gasteiger partial charge in [-0.15, -0.1) is 0 Å². The van der Waals surface area contributed by atoms with Crippen molar-refractivity contribution in [3.05, 3.63) is 65.7 Å². The summed E-state index contributed by atoms with van der Waals surface area (Å²) in [5.74, 6) is -0.0538. The van der Waals surface area contributed by atoms with E-state index in [1.165, 1.54) is 0 Å². The van der Waals surface area contributed by atoms with Crippen LogP contribution in [-0.2, 0) is 16.1 Å². The Kier molecular flexibility index (Phi) is 6.83. The molecule has 3 N–H and O–H groups in total. The summed E-state index contributed by atoms with van der Waals surface area (Å²) in [5.41, 5.74) is 7.04. The quantitative estimate of drug-likeness (QED) is 0.722. The van der Waals surface area contributed by atoms with Gasteiger partial charge in [0.15, 0.2) is 0 Å². The normalized spacial score (nSPS) is 11.4. The highest BCUT2D eigenvalue weighted by atomic mass is 16.5. The molecule has 0 bridgehead atoms. The molecule has 25 heavy (non-hydrogen) atoms. The molecular formula is C19H22N2O4. The van der Waals surface area contributed by atoms with E-state index in [0.717, 1.165) is 11.1 Å². The number of benzene rings is 2. The molecule has 0 spiro atoms. The van der Waals surface area contributed by atoms with Crippen molar-refractivity contribution in [2.24, 2.45) is 5.73 Å².